The van der Waals surface area contributed by atoms with Gasteiger partial charge in [0.1, 0.15) is 0 Å². The summed E-state index contributed by atoms with van der Waals surface area (Å²) in [5, 5.41) is 9.89. The van der Waals surface area contributed by atoms with Crippen LogP contribution in [0.25, 0.3) is 0 Å². The second-order valence-corrected chi connectivity index (χ2v) is 6.37. The molecular formula is C17H18O2S. The van der Waals surface area contributed by atoms with Crippen molar-refractivity contribution >= 4 is 10.8 Å². The first-order valence-corrected chi connectivity index (χ1v) is 7.77. The van der Waals surface area contributed by atoms with Crippen LogP contribution in [-0.2, 0) is 10.8 Å². The third-order valence-corrected chi connectivity index (χ3v) is 4.59. The zero-order valence-corrected chi connectivity index (χ0v) is 12.2. The summed E-state index contributed by atoms with van der Waals surface area (Å²) in [6.07, 6.45) is 2.84. The van der Waals surface area contributed by atoms with Gasteiger partial charge in [0, 0.05) is 4.90 Å². The van der Waals surface area contributed by atoms with Gasteiger partial charge < -0.3 is 5.11 Å². The molecule has 3 heteroatoms. The molecule has 104 valence electrons. The highest BCUT2D eigenvalue weighted by Gasteiger charge is 2.10. The van der Waals surface area contributed by atoms with Crippen LogP contribution in [0.1, 0.15) is 18.6 Å². The molecule has 3 atom stereocenters. The Labute approximate surface area is 122 Å². The van der Waals surface area contributed by atoms with Crippen molar-refractivity contribution in [2.45, 2.75) is 23.2 Å². The van der Waals surface area contributed by atoms with Gasteiger partial charge in [0.05, 0.1) is 22.2 Å². The molecule has 20 heavy (non-hydrogen) atoms. The molecule has 1 unspecified atom stereocenters. The van der Waals surface area contributed by atoms with E-state index in [1.807, 2.05) is 67.6 Å². The molecular weight excluding hydrogens is 268 g/mol. The number of benzene rings is 2. The second-order valence-electron chi connectivity index (χ2n) is 4.56. The van der Waals surface area contributed by atoms with Crippen molar-refractivity contribution in [2.75, 3.05) is 0 Å². The first-order chi connectivity index (χ1) is 9.68. The van der Waals surface area contributed by atoms with Crippen LogP contribution in [0.3, 0.4) is 0 Å². The molecule has 0 radical (unpaired) electrons. The van der Waals surface area contributed by atoms with Crippen molar-refractivity contribution < 1.29 is 9.32 Å². The summed E-state index contributed by atoms with van der Waals surface area (Å²) in [6, 6.07) is 18.8. The fourth-order valence-electron chi connectivity index (χ4n) is 1.86. The SMILES string of the molecule is C[C@H](C=C[C@@H](O)c1ccccc1)S(=O)c1ccccc1. The van der Waals surface area contributed by atoms with Crippen molar-refractivity contribution in [1.29, 1.82) is 0 Å². The fourth-order valence-corrected chi connectivity index (χ4v) is 2.95. The van der Waals surface area contributed by atoms with E-state index in [1.54, 1.807) is 12.2 Å². The summed E-state index contributed by atoms with van der Waals surface area (Å²) in [7, 11) is -1.10. The molecule has 2 nitrogen and oxygen atoms in total. The number of hydrogen-bond donors (Lipinski definition) is 1. The lowest BCUT2D eigenvalue weighted by Crippen LogP contribution is -2.08. The molecule has 1 N–H and O–H groups in total. The molecule has 0 saturated carbocycles. The molecule has 0 fully saturated rings. The summed E-state index contributed by atoms with van der Waals surface area (Å²) in [4.78, 5) is 0.804. The Morgan fingerprint density at radius 2 is 1.50 bits per heavy atom. The second kappa shape index (κ2) is 7.17. The van der Waals surface area contributed by atoms with Gasteiger partial charge in [0.15, 0.2) is 0 Å². The Morgan fingerprint density at radius 3 is 2.10 bits per heavy atom. The first-order valence-electron chi connectivity index (χ1n) is 6.55. The minimum absolute atomic E-state index is 0.143. The Balaban J connectivity index is 2.02. The van der Waals surface area contributed by atoms with Gasteiger partial charge in [0.2, 0.25) is 0 Å². The molecule has 0 spiro atoms. The number of rotatable bonds is 5. The third kappa shape index (κ3) is 3.89. The lowest BCUT2D eigenvalue weighted by atomic mass is 10.1. The van der Waals surface area contributed by atoms with E-state index in [9.17, 15) is 9.32 Å². The van der Waals surface area contributed by atoms with Crippen molar-refractivity contribution in [2.24, 2.45) is 0 Å². The smallest absolute Gasteiger partial charge is 0.0972 e. The van der Waals surface area contributed by atoms with Gasteiger partial charge in [-0.3, -0.25) is 4.21 Å². The zero-order chi connectivity index (χ0) is 14.4. The maximum atomic E-state index is 12.3. The average Bonchev–Trinajstić information content (AvgIpc) is 2.53. The highest BCUT2D eigenvalue weighted by molar-refractivity contribution is 7.85. The summed E-state index contributed by atoms with van der Waals surface area (Å²) < 4.78 is 12.3. The van der Waals surface area contributed by atoms with Crippen LogP contribution in [0, 0.1) is 0 Å². The summed E-state index contributed by atoms with van der Waals surface area (Å²) in [5.41, 5.74) is 0.835. The largest absolute Gasteiger partial charge is 0.384 e. The molecule has 0 heterocycles. The number of aliphatic hydroxyl groups is 1. The Kier molecular flexibility index (Phi) is 5.27. The number of hydrogen-bond acceptors (Lipinski definition) is 2. The van der Waals surface area contributed by atoms with E-state index in [4.69, 9.17) is 0 Å². The molecule has 2 aromatic rings. The van der Waals surface area contributed by atoms with Crippen LogP contribution < -0.4 is 0 Å². The molecule has 2 rings (SSSR count). The molecule has 0 bridgehead atoms. The van der Waals surface area contributed by atoms with E-state index in [0.717, 1.165) is 10.5 Å². The maximum absolute atomic E-state index is 12.3. The van der Waals surface area contributed by atoms with Crippen LogP contribution in [0.4, 0.5) is 0 Å². The standard InChI is InChI=1S/C17H18O2S/c1-14(20(19)16-10-6-3-7-11-16)12-13-17(18)15-8-4-2-5-9-15/h2-14,17-18H,1H3/t14-,17-,20?/m1/s1. The highest BCUT2D eigenvalue weighted by atomic mass is 32.2. The van der Waals surface area contributed by atoms with Gasteiger partial charge >= 0.3 is 0 Å². The predicted octanol–water partition coefficient (Wildman–Crippen LogP) is 3.47. The van der Waals surface area contributed by atoms with Crippen LogP contribution in [0.15, 0.2) is 77.7 Å². The minimum Gasteiger partial charge on any atom is -0.384 e. The van der Waals surface area contributed by atoms with Gasteiger partial charge in [-0.05, 0) is 24.6 Å². The van der Waals surface area contributed by atoms with Crippen molar-refractivity contribution in [3.05, 3.63) is 78.4 Å². The Hall–Kier alpha value is -1.71. The van der Waals surface area contributed by atoms with Gasteiger partial charge in [-0.1, -0.05) is 60.7 Å². The highest BCUT2D eigenvalue weighted by Crippen LogP contribution is 2.16. The molecule has 2 aromatic carbocycles. The van der Waals surface area contributed by atoms with Crippen molar-refractivity contribution in [3.8, 4) is 0 Å². The Bertz CT molecular complexity index is 578. The molecule has 0 aliphatic carbocycles. The summed E-state index contributed by atoms with van der Waals surface area (Å²) >= 11 is 0. The molecule has 0 saturated heterocycles. The van der Waals surface area contributed by atoms with E-state index in [-0.39, 0.29) is 5.25 Å². The van der Waals surface area contributed by atoms with Crippen molar-refractivity contribution in [3.63, 3.8) is 0 Å². The normalized spacial score (nSPS) is 15.9. The van der Waals surface area contributed by atoms with E-state index in [1.165, 1.54) is 0 Å². The molecule has 0 aliphatic rings. The van der Waals surface area contributed by atoms with Gasteiger partial charge in [-0.15, -0.1) is 0 Å². The van der Waals surface area contributed by atoms with Gasteiger partial charge in [-0.2, -0.15) is 0 Å². The predicted molar refractivity (Wildman–Crippen MR) is 82.9 cm³/mol. The summed E-state index contributed by atoms with van der Waals surface area (Å²) in [5.74, 6) is 0. The Morgan fingerprint density at radius 1 is 0.950 bits per heavy atom. The monoisotopic (exact) mass is 286 g/mol. The van der Waals surface area contributed by atoms with Crippen LogP contribution in [0.5, 0.6) is 0 Å². The number of aliphatic hydroxyl groups excluding tert-OH is 1. The van der Waals surface area contributed by atoms with E-state index in [2.05, 4.69) is 0 Å². The molecule has 0 amide bonds. The maximum Gasteiger partial charge on any atom is 0.0972 e. The first kappa shape index (κ1) is 14.7. The topological polar surface area (TPSA) is 37.3 Å². The lowest BCUT2D eigenvalue weighted by molar-refractivity contribution is 0.228. The van der Waals surface area contributed by atoms with Gasteiger partial charge in [0.25, 0.3) is 0 Å². The minimum atomic E-state index is -1.10. The van der Waals surface area contributed by atoms with Crippen LogP contribution in [-0.4, -0.2) is 14.6 Å². The van der Waals surface area contributed by atoms with E-state index >= 15 is 0 Å². The van der Waals surface area contributed by atoms with Gasteiger partial charge in [-0.25, -0.2) is 0 Å². The average molecular weight is 286 g/mol. The third-order valence-electron chi connectivity index (χ3n) is 3.02. The summed E-state index contributed by atoms with van der Waals surface area (Å²) in [6.45, 7) is 1.89. The zero-order valence-electron chi connectivity index (χ0n) is 11.3. The fraction of sp³-hybridized carbons (Fsp3) is 0.176. The quantitative estimate of drug-likeness (QED) is 0.855. The lowest BCUT2D eigenvalue weighted by Gasteiger charge is -2.09. The molecule has 0 aliphatic heterocycles. The van der Waals surface area contributed by atoms with Crippen molar-refractivity contribution in [1.82, 2.24) is 0 Å². The van der Waals surface area contributed by atoms with E-state index < -0.39 is 16.9 Å². The van der Waals surface area contributed by atoms with E-state index in [0.29, 0.717) is 0 Å². The van der Waals surface area contributed by atoms with Crippen LogP contribution >= 0.6 is 0 Å². The van der Waals surface area contributed by atoms with Crippen LogP contribution in [0.2, 0.25) is 0 Å². The molecule has 0 aromatic heterocycles.